The highest BCUT2D eigenvalue weighted by atomic mass is 16.7. The summed E-state index contributed by atoms with van der Waals surface area (Å²) in [5.74, 6) is 0. The highest BCUT2D eigenvalue weighted by Crippen LogP contribution is 2.24. The van der Waals surface area contributed by atoms with Crippen molar-refractivity contribution in [1.82, 2.24) is 0 Å². The summed E-state index contributed by atoms with van der Waals surface area (Å²) in [5, 5.41) is 75.9. The second kappa shape index (κ2) is 8.45. The van der Waals surface area contributed by atoms with Gasteiger partial charge in [-0.05, 0) is 6.92 Å². The summed E-state index contributed by atoms with van der Waals surface area (Å²) in [6, 6.07) is 0. The lowest BCUT2D eigenvalue weighted by atomic mass is 9.98. The van der Waals surface area contributed by atoms with Crippen LogP contribution in [0.2, 0.25) is 0 Å². The lowest BCUT2D eigenvalue weighted by Crippen LogP contribution is -2.61. The first kappa shape index (κ1) is 19.6. The molecule has 1 heterocycles. The van der Waals surface area contributed by atoms with Crippen LogP contribution in [-0.4, -0.2) is 109 Å². The first-order valence-corrected chi connectivity index (χ1v) is 6.85. The molecule has 10 heteroatoms. The second-order valence-electron chi connectivity index (χ2n) is 5.28. The molecule has 0 spiro atoms. The van der Waals surface area contributed by atoms with Gasteiger partial charge in [-0.2, -0.15) is 0 Å². The van der Waals surface area contributed by atoms with Crippen LogP contribution in [0.3, 0.4) is 0 Å². The predicted molar refractivity (Wildman–Crippen MR) is 69.4 cm³/mol. The Labute approximate surface area is 126 Å². The Morgan fingerprint density at radius 1 is 1.00 bits per heavy atom. The van der Waals surface area contributed by atoms with Gasteiger partial charge >= 0.3 is 0 Å². The molecule has 0 aromatic heterocycles. The van der Waals surface area contributed by atoms with Crippen LogP contribution in [-0.2, 0) is 9.47 Å². The van der Waals surface area contributed by atoms with E-state index in [-0.39, 0.29) is 0 Å². The van der Waals surface area contributed by atoms with Crippen molar-refractivity contribution in [2.45, 2.75) is 62.0 Å². The molecule has 0 aromatic carbocycles. The van der Waals surface area contributed by atoms with Crippen molar-refractivity contribution in [2.24, 2.45) is 0 Å². The maximum atomic E-state index is 9.82. The van der Waals surface area contributed by atoms with Gasteiger partial charge in [0.05, 0.1) is 19.3 Å². The highest BCUT2D eigenvalue weighted by molar-refractivity contribution is 4.90. The smallest absolute Gasteiger partial charge is 0.187 e. The van der Waals surface area contributed by atoms with Crippen molar-refractivity contribution in [3.05, 3.63) is 0 Å². The van der Waals surface area contributed by atoms with E-state index in [9.17, 15) is 30.6 Å². The highest BCUT2D eigenvalue weighted by Gasteiger charge is 2.46. The molecule has 0 aliphatic carbocycles. The van der Waals surface area contributed by atoms with Gasteiger partial charge < -0.3 is 50.3 Å². The fraction of sp³-hybridized carbons (Fsp3) is 1.00. The minimum atomic E-state index is -1.73. The zero-order chi connectivity index (χ0) is 17.0. The molecule has 4 unspecified atom stereocenters. The second-order valence-corrected chi connectivity index (χ2v) is 5.28. The molecule has 1 aliphatic rings. The van der Waals surface area contributed by atoms with E-state index in [1.54, 1.807) is 0 Å². The maximum absolute atomic E-state index is 9.82. The molecule has 8 N–H and O–H groups in total. The third-order valence-corrected chi connectivity index (χ3v) is 3.54. The van der Waals surface area contributed by atoms with E-state index in [4.69, 9.17) is 19.7 Å². The van der Waals surface area contributed by atoms with E-state index in [0.29, 0.717) is 0 Å². The van der Waals surface area contributed by atoms with E-state index in [1.807, 2.05) is 0 Å². The van der Waals surface area contributed by atoms with Gasteiger partial charge in [-0.25, -0.2) is 0 Å². The lowest BCUT2D eigenvalue weighted by molar-refractivity contribution is -0.326. The predicted octanol–water partition coefficient (Wildman–Crippen LogP) is -4.73. The Hall–Kier alpha value is -0.400. The van der Waals surface area contributed by atoms with Crippen molar-refractivity contribution in [1.29, 1.82) is 0 Å². The number of hydrogen-bond acceptors (Lipinski definition) is 10. The molecule has 1 aliphatic heterocycles. The quantitative estimate of drug-likeness (QED) is 0.226. The van der Waals surface area contributed by atoms with E-state index in [2.05, 4.69) is 0 Å². The van der Waals surface area contributed by atoms with Gasteiger partial charge in [0, 0.05) is 0 Å². The molecule has 0 saturated carbocycles. The minimum absolute atomic E-state index is 0.670. The van der Waals surface area contributed by atoms with Crippen LogP contribution < -0.4 is 0 Å². The molecule has 22 heavy (non-hydrogen) atoms. The maximum Gasteiger partial charge on any atom is 0.187 e. The first-order chi connectivity index (χ1) is 10.2. The SMILES string of the molecule is C[C@@H](O)C(O)[C@H](O[C@H]1OC(CO)[C@@H](O)C(O)[C@@H]1O)C(O)CO. The van der Waals surface area contributed by atoms with Gasteiger partial charge in [0.2, 0.25) is 0 Å². The molecule has 1 saturated heterocycles. The fourth-order valence-corrected chi connectivity index (χ4v) is 2.11. The van der Waals surface area contributed by atoms with Crippen LogP contribution in [0.4, 0.5) is 0 Å². The van der Waals surface area contributed by atoms with Crippen LogP contribution >= 0.6 is 0 Å². The van der Waals surface area contributed by atoms with E-state index < -0.39 is 68.3 Å². The number of aliphatic hydroxyl groups is 8. The summed E-state index contributed by atoms with van der Waals surface area (Å²) in [5.41, 5.74) is 0. The molecule has 0 bridgehead atoms. The summed E-state index contributed by atoms with van der Waals surface area (Å²) >= 11 is 0. The molecular weight excluding hydrogens is 304 g/mol. The van der Waals surface area contributed by atoms with Crippen LogP contribution in [0.25, 0.3) is 0 Å². The van der Waals surface area contributed by atoms with Gasteiger partial charge in [0.25, 0.3) is 0 Å². The number of aliphatic hydroxyl groups excluding tert-OH is 8. The zero-order valence-electron chi connectivity index (χ0n) is 12.0. The van der Waals surface area contributed by atoms with Gasteiger partial charge in [-0.1, -0.05) is 0 Å². The number of ether oxygens (including phenoxy) is 2. The van der Waals surface area contributed by atoms with E-state index in [0.717, 1.165) is 0 Å². The van der Waals surface area contributed by atoms with Crippen LogP contribution in [0.5, 0.6) is 0 Å². The molecule has 0 aromatic rings. The average molecular weight is 328 g/mol. The third kappa shape index (κ3) is 4.32. The normalized spacial score (nSPS) is 38.3. The molecule has 0 amide bonds. The standard InChI is InChI=1S/C12H24O10/c1-4(15)7(17)11(5(16)2-13)22-12-10(20)9(19)8(18)6(3-14)21-12/h4-20H,2-3H2,1H3/t4-,5?,6?,7?,8-,9?,10+,11-,12-/m1/s1. The summed E-state index contributed by atoms with van der Waals surface area (Å²) in [4.78, 5) is 0. The van der Waals surface area contributed by atoms with E-state index in [1.165, 1.54) is 6.92 Å². The van der Waals surface area contributed by atoms with Crippen molar-refractivity contribution in [3.63, 3.8) is 0 Å². The Balaban J connectivity index is 2.86. The molecule has 0 radical (unpaired) electrons. The topological polar surface area (TPSA) is 180 Å². The van der Waals surface area contributed by atoms with Crippen molar-refractivity contribution in [3.8, 4) is 0 Å². The lowest BCUT2D eigenvalue weighted by Gasteiger charge is -2.42. The van der Waals surface area contributed by atoms with Crippen molar-refractivity contribution in [2.75, 3.05) is 13.2 Å². The monoisotopic (exact) mass is 328 g/mol. The summed E-state index contributed by atoms with van der Waals surface area (Å²) < 4.78 is 10.2. The minimum Gasteiger partial charge on any atom is -0.394 e. The Morgan fingerprint density at radius 3 is 2.05 bits per heavy atom. The summed E-state index contributed by atoms with van der Waals surface area (Å²) in [6.45, 7) is -0.249. The Kier molecular flexibility index (Phi) is 7.55. The summed E-state index contributed by atoms with van der Waals surface area (Å²) in [6.07, 6.45) is -13.9. The molecule has 9 atom stereocenters. The fourth-order valence-electron chi connectivity index (χ4n) is 2.11. The largest absolute Gasteiger partial charge is 0.394 e. The Morgan fingerprint density at radius 2 is 1.59 bits per heavy atom. The van der Waals surface area contributed by atoms with Crippen molar-refractivity contribution >= 4 is 0 Å². The first-order valence-electron chi connectivity index (χ1n) is 6.85. The van der Waals surface area contributed by atoms with Crippen molar-refractivity contribution < 1.29 is 50.3 Å². The molecular formula is C12H24O10. The van der Waals surface area contributed by atoms with Crippen LogP contribution in [0, 0.1) is 0 Å². The third-order valence-electron chi connectivity index (χ3n) is 3.54. The summed E-state index contributed by atoms with van der Waals surface area (Å²) in [7, 11) is 0. The van der Waals surface area contributed by atoms with Gasteiger partial charge in [-0.15, -0.1) is 0 Å². The van der Waals surface area contributed by atoms with Gasteiger partial charge in [0.15, 0.2) is 6.29 Å². The molecule has 1 rings (SSSR count). The molecule has 1 fully saturated rings. The van der Waals surface area contributed by atoms with E-state index >= 15 is 0 Å². The zero-order valence-corrected chi connectivity index (χ0v) is 12.0. The molecule has 132 valence electrons. The number of hydrogen-bond donors (Lipinski definition) is 8. The van der Waals surface area contributed by atoms with Crippen LogP contribution in [0.15, 0.2) is 0 Å². The number of rotatable bonds is 7. The average Bonchev–Trinajstić information content (AvgIpc) is 2.50. The Bertz CT molecular complexity index is 325. The van der Waals surface area contributed by atoms with Gasteiger partial charge in [-0.3, -0.25) is 0 Å². The molecule has 10 nitrogen and oxygen atoms in total. The van der Waals surface area contributed by atoms with Crippen LogP contribution in [0.1, 0.15) is 6.92 Å². The van der Waals surface area contributed by atoms with Gasteiger partial charge in [0.1, 0.15) is 42.7 Å².